The molecule has 0 fully saturated rings. The van der Waals surface area contributed by atoms with E-state index in [1.54, 1.807) is 44.6 Å². The van der Waals surface area contributed by atoms with E-state index >= 15 is 4.79 Å². The highest BCUT2D eigenvalue weighted by Gasteiger charge is 2.53. The Morgan fingerprint density at radius 1 is 0.736 bits per heavy atom. The Balaban J connectivity index is 1.12. The van der Waals surface area contributed by atoms with Gasteiger partial charge in [0.2, 0.25) is 11.8 Å². The molecule has 4 heterocycles. The predicted molar refractivity (Wildman–Crippen MR) is 275 cm³/mol. The Bertz CT molecular complexity index is 2710. The van der Waals surface area contributed by atoms with Crippen LogP contribution in [0, 0.1) is 5.92 Å². The van der Waals surface area contributed by atoms with Crippen LogP contribution in [-0.2, 0) is 52.3 Å². The fourth-order valence-corrected chi connectivity index (χ4v) is 9.93. The van der Waals surface area contributed by atoms with Crippen LogP contribution in [0.4, 0.5) is 28.4 Å². The van der Waals surface area contributed by atoms with Crippen molar-refractivity contribution in [1.29, 1.82) is 0 Å². The van der Waals surface area contributed by atoms with Crippen molar-refractivity contribution in [1.82, 2.24) is 25.6 Å². The highest BCUT2D eigenvalue weighted by atomic mass is 16.5. The molecule has 6 N–H and O–H groups in total. The number of hydrogen-bond donors (Lipinski definition) is 6. The van der Waals surface area contributed by atoms with Crippen LogP contribution >= 0.6 is 0 Å². The maximum atomic E-state index is 15.0. The summed E-state index contributed by atoms with van der Waals surface area (Å²) in [6, 6.07) is 23.3. The number of aryl methyl sites for hydroxylation is 1. The molecule has 0 saturated heterocycles. The van der Waals surface area contributed by atoms with Gasteiger partial charge in [-0.2, -0.15) is 0 Å². The van der Waals surface area contributed by atoms with Crippen molar-refractivity contribution in [2.75, 3.05) is 60.8 Å². The summed E-state index contributed by atoms with van der Waals surface area (Å²) in [6.07, 6.45) is 10.1. The van der Waals surface area contributed by atoms with Crippen molar-refractivity contribution < 1.29 is 44.3 Å². The summed E-state index contributed by atoms with van der Waals surface area (Å²) in [4.78, 5) is 48.8. The number of fused-ring (bicyclic) bond motifs is 3. The van der Waals surface area contributed by atoms with Crippen LogP contribution < -0.4 is 34.8 Å². The van der Waals surface area contributed by atoms with Crippen LogP contribution in [0.2, 0.25) is 0 Å². The molecule has 1 aromatic heterocycles. The first-order valence-electron chi connectivity index (χ1n) is 25.3. The van der Waals surface area contributed by atoms with E-state index in [4.69, 9.17) is 9.47 Å². The first kappa shape index (κ1) is 51.9. The highest BCUT2D eigenvalue weighted by Crippen LogP contribution is 2.49. The van der Waals surface area contributed by atoms with E-state index in [1.807, 2.05) is 92.7 Å². The van der Waals surface area contributed by atoms with Gasteiger partial charge in [-0.1, -0.05) is 36.4 Å². The first-order chi connectivity index (χ1) is 35.0. The van der Waals surface area contributed by atoms with Crippen LogP contribution in [0.25, 0.3) is 0 Å². The number of nitrogens with one attached hydrogen (secondary N) is 2. The zero-order valence-electron chi connectivity index (χ0n) is 41.5. The fraction of sp³-hybridized carbons (Fsp3) is 0.436. The number of aliphatic hydroxyl groups excluding tert-OH is 3. The zero-order valence-corrected chi connectivity index (χ0v) is 41.5. The SMILES string of the molecule is CCOc1ccc2c(c1)CC(NCCCCO)C(=O)N2c1ccc(CN2C(=O)[C@](O)([C@H](C)/C=C/CCn3cc(CCO)nn3)c3cc(N4C(=O)C(NCCCCO)Cc5cc(OCC)ccc54)ccc32)cc1. The first-order valence-corrected chi connectivity index (χ1v) is 25.3. The molecular formula is C55H68N8O9. The second kappa shape index (κ2) is 23.8. The van der Waals surface area contributed by atoms with Gasteiger partial charge in [-0.15, -0.1) is 5.10 Å². The lowest BCUT2D eigenvalue weighted by atomic mass is 9.82. The molecule has 3 amide bonds. The number of carbonyl (C=O) groups excluding carboxylic acids is 3. The number of nitrogens with zero attached hydrogens (tertiary/aromatic N) is 6. The summed E-state index contributed by atoms with van der Waals surface area (Å²) < 4.78 is 13.4. The van der Waals surface area contributed by atoms with Crippen LogP contribution in [0.1, 0.15) is 80.8 Å². The quantitative estimate of drug-likeness (QED) is 0.0314. The lowest BCUT2D eigenvalue weighted by Gasteiger charge is -2.35. The second-order valence-electron chi connectivity index (χ2n) is 18.6. The molecule has 72 heavy (non-hydrogen) atoms. The number of ether oxygens (including phenoxy) is 2. The molecule has 3 aliphatic rings. The molecule has 17 heteroatoms. The molecule has 382 valence electrons. The minimum atomic E-state index is -2.03. The Labute approximate surface area is 421 Å². The molecular weight excluding hydrogens is 917 g/mol. The van der Waals surface area contributed by atoms with E-state index in [0.29, 0.717) is 118 Å². The Morgan fingerprint density at radius 2 is 1.31 bits per heavy atom. The Hall–Kier alpha value is -6.47. The maximum Gasteiger partial charge on any atom is 0.264 e. The van der Waals surface area contributed by atoms with Crippen molar-refractivity contribution in [3.63, 3.8) is 0 Å². The molecule has 0 aliphatic carbocycles. The van der Waals surface area contributed by atoms with Gasteiger partial charge >= 0.3 is 0 Å². The van der Waals surface area contributed by atoms with Gasteiger partial charge in [0.05, 0.1) is 54.6 Å². The van der Waals surface area contributed by atoms with E-state index in [2.05, 4.69) is 20.9 Å². The number of amides is 3. The van der Waals surface area contributed by atoms with Crippen molar-refractivity contribution in [3.05, 3.63) is 125 Å². The van der Waals surface area contributed by atoms with E-state index < -0.39 is 29.5 Å². The van der Waals surface area contributed by atoms with Gasteiger partial charge in [0.25, 0.3) is 5.91 Å². The average molecular weight is 985 g/mol. The van der Waals surface area contributed by atoms with E-state index in [-0.39, 0.29) is 38.2 Å². The number of anilines is 5. The van der Waals surface area contributed by atoms with Crippen LogP contribution in [0.5, 0.6) is 11.5 Å². The number of aliphatic hydroxyl groups is 4. The molecule has 17 nitrogen and oxygen atoms in total. The summed E-state index contributed by atoms with van der Waals surface area (Å²) in [5, 5.41) is 56.1. The van der Waals surface area contributed by atoms with Gasteiger partial charge < -0.3 is 45.4 Å². The molecule has 0 radical (unpaired) electrons. The number of benzene rings is 4. The minimum absolute atomic E-state index is 0.0263. The lowest BCUT2D eigenvalue weighted by Crippen LogP contribution is -2.49. The number of rotatable bonds is 25. The van der Waals surface area contributed by atoms with E-state index in [9.17, 15) is 30.0 Å². The monoisotopic (exact) mass is 985 g/mol. The largest absolute Gasteiger partial charge is 0.494 e. The third-order valence-electron chi connectivity index (χ3n) is 13.7. The average Bonchev–Trinajstić information content (AvgIpc) is 3.92. The molecule has 4 atom stereocenters. The summed E-state index contributed by atoms with van der Waals surface area (Å²) in [5.41, 5.74) is 4.73. The second-order valence-corrected chi connectivity index (χ2v) is 18.6. The standard InChI is InChI=1S/C55H68N8O9/c1-4-71-44-18-21-49-39(30-44)32-47(56-24-7-10-27-64)52(67)62(49)42-15-13-38(14-16-42)35-61-51-20-17-43(63-50-22-19-45(72-5-2)31-40(50)33-48(53(63)68)57-25-8-11-28-65)34-46(51)55(70,54(61)69)37(3)12-6-9-26-60-36-41(23-29-66)58-59-60/h6,12-22,30-31,34,36-37,47-48,56-57,64-66,70H,4-5,7-11,23-29,32-33,35H2,1-3H3/b12-6+/t37-,47?,48?,55+/m1/s1. The molecule has 0 saturated carbocycles. The molecule has 0 bridgehead atoms. The number of aromatic nitrogens is 3. The lowest BCUT2D eigenvalue weighted by molar-refractivity contribution is -0.139. The Kier molecular flexibility index (Phi) is 17.2. The summed E-state index contributed by atoms with van der Waals surface area (Å²) >= 11 is 0. The van der Waals surface area contributed by atoms with Gasteiger partial charge in [0.15, 0.2) is 5.60 Å². The van der Waals surface area contributed by atoms with Crippen LogP contribution in [-0.4, -0.2) is 111 Å². The van der Waals surface area contributed by atoms with Crippen molar-refractivity contribution >= 4 is 46.2 Å². The fourth-order valence-electron chi connectivity index (χ4n) is 9.93. The van der Waals surface area contributed by atoms with Crippen molar-refractivity contribution in [2.24, 2.45) is 5.92 Å². The minimum Gasteiger partial charge on any atom is -0.494 e. The number of unbranched alkanes of at least 4 members (excludes halogenated alkanes) is 2. The zero-order chi connectivity index (χ0) is 50.8. The van der Waals surface area contributed by atoms with Gasteiger partial charge in [-0.25, -0.2) is 0 Å². The smallest absolute Gasteiger partial charge is 0.264 e. The van der Waals surface area contributed by atoms with Gasteiger partial charge in [-0.3, -0.25) is 28.9 Å². The van der Waals surface area contributed by atoms with Crippen LogP contribution in [0.15, 0.2) is 97.2 Å². The van der Waals surface area contributed by atoms with Gasteiger partial charge in [-0.05, 0) is 155 Å². The van der Waals surface area contributed by atoms with Crippen LogP contribution in [0.3, 0.4) is 0 Å². The van der Waals surface area contributed by atoms with Gasteiger partial charge in [0.1, 0.15) is 11.5 Å². The summed E-state index contributed by atoms with van der Waals surface area (Å²) in [7, 11) is 0. The van der Waals surface area contributed by atoms with E-state index in [1.165, 1.54) is 0 Å². The van der Waals surface area contributed by atoms with Crippen molar-refractivity contribution in [2.45, 2.75) is 103 Å². The highest BCUT2D eigenvalue weighted by molar-refractivity contribution is 6.10. The topological polar surface area (TPSA) is 215 Å². The summed E-state index contributed by atoms with van der Waals surface area (Å²) in [6.45, 7) is 8.48. The summed E-state index contributed by atoms with van der Waals surface area (Å²) in [5.74, 6) is -0.108. The normalized spacial score (nSPS) is 19.0. The molecule has 0 spiro atoms. The Morgan fingerprint density at radius 3 is 1.88 bits per heavy atom. The molecule has 8 rings (SSSR count). The number of hydrogen-bond acceptors (Lipinski definition) is 13. The molecule has 3 aliphatic heterocycles. The predicted octanol–water partition coefficient (Wildman–Crippen LogP) is 5.53. The molecule has 4 aromatic carbocycles. The van der Waals surface area contributed by atoms with Crippen molar-refractivity contribution in [3.8, 4) is 11.5 Å². The third kappa shape index (κ3) is 11.1. The van der Waals surface area contributed by atoms with Gasteiger partial charge in [0, 0.05) is 61.8 Å². The maximum absolute atomic E-state index is 15.0. The number of allylic oxidation sites excluding steroid dienone is 1. The third-order valence-corrected chi connectivity index (χ3v) is 13.7. The molecule has 5 aromatic rings. The molecule has 2 unspecified atom stereocenters. The van der Waals surface area contributed by atoms with E-state index in [0.717, 1.165) is 34.5 Å². The number of carbonyl (C=O) groups is 3.